The van der Waals surface area contributed by atoms with Crippen molar-refractivity contribution in [3.8, 4) is 17.0 Å². The number of phenolic OH excluding ortho intramolecular Hbond substituents is 1. The molecule has 6 rings (SSSR count). The van der Waals surface area contributed by atoms with Crippen molar-refractivity contribution >= 4 is 28.0 Å². The van der Waals surface area contributed by atoms with Crippen LogP contribution >= 0.6 is 0 Å². The quantitative estimate of drug-likeness (QED) is 0.489. The highest BCUT2D eigenvalue weighted by Gasteiger charge is 2.45. The summed E-state index contributed by atoms with van der Waals surface area (Å²) in [5.41, 5.74) is 1.90. The summed E-state index contributed by atoms with van der Waals surface area (Å²) in [6.45, 7) is 1.33. The summed E-state index contributed by atoms with van der Waals surface area (Å²) in [6, 6.07) is 9.06. The number of pyridine rings is 2. The van der Waals surface area contributed by atoms with Crippen molar-refractivity contribution in [3.05, 3.63) is 42.5 Å². The number of benzene rings is 1. The molecule has 1 saturated carbocycles. The number of phenols is 1. The van der Waals surface area contributed by atoms with Gasteiger partial charge in [-0.1, -0.05) is 0 Å². The summed E-state index contributed by atoms with van der Waals surface area (Å²) in [5, 5.41) is 13.8. The van der Waals surface area contributed by atoms with Gasteiger partial charge < -0.3 is 19.7 Å². The molecular weight excluding hydrogens is 416 g/mol. The molecule has 2 N–H and O–H groups in total. The molecule has 1 atom stereocenters. The van der Waals surface area contributed by atoms with Crippen LogP contribution in [0.15, 0.2) is 41.1 Å². The summed E-state index contributed by atoms with van der Waals surface area (Å²) < 4.78 is 32.8. The maximum Gasteiger partial charge on any atom is 0.195 e. The Kier molecular flexibility index (Phi) is 4.29. The van der Waals surface area contributed by atoms with Gasteiger partial charge in [-0.2, -0.15) is 0 Å². The second-order valence-corrected chi connectivity index (χ2v) is 8.68. The number of aromatic nitrogens is 3. The molecule has 0 amide bonds. The Morgan fingerprint density at radius 3 is 2.81 bits per heavy atom. The lowest BCUT2D eigenvalue weighted by Crippen LogP contribution is -2.43. The molecule has 164 valence electrons. The van der Waals surface area contributed by atoms with E-state index in [9.17, 15) is 13.9 Å². The zero-order valence-corrected chi connectivity index (χ0v) is 17.2. The fourth-order valence-corrected chi connectivity index (χ4v) is 4.46. The predicted octanol–water partition coefficient (Wildman–Crippen LogP) is 3.95. The van der Waals surface area contributed by atoms with Crippen molar-refractivity contribution in [3.63, 3.8) is 0 Å². The maximum atomic E-state index is 14.4. The summed E-state index contributed by atoms with van der Waals surface area (Å²) >= 11 is 0. The standard InChI is InChI=1S/C23H21F2N5O2/c24-11-23(6-7-23)29-13-5-8-30(10-13)19-4-3-16-17(28-19)2-1-15(27-16)14-9-18-21(26-12-32-18)20(25)22(14)31/h1-4,9,12-13,29,31H,5-8,10-11H2/t13-/m0/s1. The molecule has 4 heterocycles. The van der Waals surface area contributed by atoms with Gasteiger partial charge >= 0.3 is 0 Å². The van der Waals surface area contributed by atoms with E-state index in [-0.39, 0.29) is 34.9 Å². The van der Waals surface area contributed by atoms with Gasteiger partial charge in [0.25, 0.3) is 0 Å². The van der Waals surface area contributed by atoms with Crippen LogP contribution in [0.5, 0.6) is 5.75 Å². The fourth-order valence-electron chi connectivity index (χ4n) is 4.46. The normalized spacial score (nSPS) is 19.8. The molecule has 0 spiro atoms. The van der Waals surface area contributed by atoms with Crippen molar-refractivity contribution in [2.45, 2.75) is 30.8 Å². The molecule has 3 aromatic heterocycles. The summed E-state index contributed by atoms with van der Waals surface area (Å²) in [6.07, 6.45) is 3.90. The summed E-state index contributed by atoms with van der Waals surface area (Å²) in [7, 11) is 0. The number of nitrogens with one attached hydrogen (secondary N) is 1. The summed E-state index contributed by atoms with van der Waals surface area (Å²) in [4.78, 5) is 15.3. The van der Waals surface area contributed by atoms with Crippen molar-refractivity contribution in [2.24, 2.45) is 0 Å². The van der Waals surface area contributed by atoms with Crippen molar-refractivity contribution in [2.75, 3.05) is 24.7 Å². The first-order valence-corrected chi connectivity index (χ1v) is 10.7. The van der Waals surface area contributed by atoms with Gasteiger partial charge in [0.2, 0.25) is 0 Å². The third kappa shape index (κ3) is 3.15. The molecule has 2 fully saturated rings. The van der Waals surface area contributed by atoms with E-state index in [0.717, 1.165) is 44.6 Å². The van der Waals surface area contributed by atoms with E-state index in [1.54, 1.807) is 12.1 Å². The van der Waals surface area contributed by atoms with Crippen LogP contribution in [-0.2, 0) is 0 Å². The second kappa shape index (κ2) is 7.09. The zero-order chi connectivity index (χ0) is 21.9. The number of hydrogen-bond donors (Lipinski definition) is 2. The van der Waals surface area contributed by atoms with Gasteiger partial charge in [0.05, 0.1) is 16.7 Å². The molecular formula is C23H21F2N5O2. The first-order chi connectivity index (χ1) is 15.5. The largest absolute Gasteiger partial charge is 0.504 e. The molecule has 2 aliphatic rings. The van der Waals surface area contributed by atoms with E-state index in [0.29, 0.717) is 16.7 Å². The SMILES string of the molecule is Oc1c(-c2ccc3nc(N4CC[C@H](NC5(CF)CC5)C4)ccc3n2)cc2ocnc2c1F. The molecule has 1 aliphatic carbocycles. The molecule has 1 saturated heterocycles. The Hall–Kier alpha value is -3.33. The van der Waals surface area contributed by atoms with Crippen LogP contribution in [0.25, 0.3) is 33.4 Å². The van der Waals surface area contributed by atoms with E-state index < -0.39 is 11.6 Å². The first-order valence-electron chi connectivity index (χ1n) is 10.7. The number of rotatable bonds is 5. The van der Waals surface area contributed by atoms with Crippen molar-refractivity contribution in [1.82, 2.24) is 20.3 Å². The number of anilines is 1. The van der Waals surface area contributed by atoms with Crippen LogP contribution in [0.2, 0.25) is 0 Å². The smallest absolute Gasteiger partial charge is 0.195 e. The summed E-state index contributed by atoms with van der Waals surface area (Å²) in [5.74, 6) is -0.502. The van der Waals surface area contributed by atoms with Gasteiger partial charge in [0, 0.05) is 30.2 Å². The van der Waals surface area contributed by atoms with Crippen LogP contribution in [0, 0.1) is 5.82 Å². The number of aromatic hydroxyl groups is 1. The minimum atomic E-state index is -0.834. The highest BCUT2D eigenvalue weighted by molar-refractivity contribution is 5.86. The monoisotopic (exact) mass is 437 g/mol. The lowest BCUT2D eigenvalue weighted by molar-refractivity contribution is 0.332. The second-order valence-electron chi connectivity index (χ2n) is 8.68. The highest BCUT2D eigenvalue weighted by atomic mass is 19.1. The lowest BCUT2D eigenvalue weighted by Gasteiger charge is -2.21. The van der Waals surface area contributed by atoms with Crippen LogP contribution in [0.4, 0.5) is 14.6 Å². The van der Waals surface area contributed by atoms with Crippen molar-refractivity contribution < 1.29 is 18.3 Å². The first kappa shape index (κ1) is 19.4. The number of oxazole rings is 1. The molecule has 9 heteroatoms. The van der Waals surface area contributed by atoms with Gasteiger partial charge in [-0.05, 0) is 49.6 Å². The highest BCUT2D eigenvalue weighted by Crippen LogP contribution is 2.38. The van der Waals surface area contributed by atoms with Crippen LogP contribution < -0.4 is 10.2 Å². The molecule has 7 nitrogen and oxygen atoms in total. The average molecular weight is 437 g/mol. The van der Waals surface area contributed by atoms with Gasteiger partial charge in [-0.25, -0.2) is 23.7 Å². The Labute approximate surface area is 182 Å². The van der Waals surface area contributed by atoms with E-state index in [4.69, 9.17) is 9.40 Å². The Bertz CT molecular complexity index is 1340. The minimum absolute atomic E-state index is 0.0177. The molecule has 4 aromatic rings. The molecule has 0 bridgehead atoms. The average Bonchev–Trinajstić information content (AvgIpc) is 3.19. The van der Waals surface area contributed by atoms with E-state index in [1.807, 2.05) is 12.1 Å². The Morgan fingerprint density at radius 2 is 2.00 bits per heavy atom. The molecule has 1 aromatic carbocycles. The Balaban J connectivity index is 1.27. The number of nitrogens with zero attached hydrogens (tertiary/aromatic N) is 4. The van der Waals surface area contributed by atoms with E-state index >= 15 is 0 Å². The van der Waals surface area contributed by atoms with Gasteiger partial charge in [-0.3, -0.25) is 0 Å². The van der Waals surface area contributed by atoms with Crippen LogP contribution in [0.3, 0.4) is 0 Å². The van der Waals surface area contributed by atoms with E-state index in [2.05, 4.69) is 20.2 Å². The van der Waals surface area contributed by atoms with Crippen molar-refractivity contribution in [1.29, 1.82) is 0 Å². The van der Waals surface area contributed by atoms with Gasteiger partial charge in [-0.15, -0.1) is 0 Å². The molecule has 1 aliphatic heterocycles. The van der Waals surface area contributed by atoms with Crippen LogP contribution in [-0.4, -0.2) is 51.4 Å². The topological polar surface area (TPSA) is 87.3 Å². The van der Waals surface area contributed by atoms with Gasteiger partial charge in [0.1, 0.15) is 18.0 Å². The number of hydrogen-bond acceptors (Lipinski definition) is 7. The van der Waals surface area contributed by atoms with E-state index in [1.165, 1.54) is 6.07 Å². The number of halogens is 2. The van der Waals surface area contributed by atoms with Crippen LogP contribution in [0.1, 0.15) is 19.3 Å². The molecule has 32 heavy (non-hydrogen) atoms. The Morgan fingerprint density at radius 1 is 1.19 bits per heavy atom. The molecule has 0 unspecified atom stereocenters. The number of fused-ring (bicyclic) bond motifs is 2. The maximum absolute atomic E-state index is 14.4. The third-order valence-electron chi connectivity index (χ3n) is 6.48. The lowest BCUT2D eigenvalue weighted by atomic mass is 10.1. The van der Waals surface area contributed by atoms with Gasteiger partial charge in [0.15, 0.2) is 23.5 Å². The number of alkyl halides is 1. The minimum Gasteiger partial charge on any atom is -0.504 e. The fraction of sp³-hybridized carbons (Fsp3) is 0.348. The molecule has 0 radical (unpaired) electrons. The predicted molar refractivity (Wildman–Crippen MR) is 116 cm³/mol. The zero-order valence-electron chi connectivity index (χ0n) is 17.2. The third-order valence-corrected chi connectivity index (χ3v) is 6.48.